The van der Waals surface area contributed by atoms with Gasteiger partial charge in [-0.15, -0.1) is 0 Å². The van der Waals surface area contributed by atoms with Gasteiger partial charge < -0.3 is 30.6 Å². The summed E-state index contributed by atoms with van der Waals surface area (Å²) in [5, 5.41) is 60.4. The van der Waals surface area contributed by atoms with Crippen LogP contribution in [0.25, 0.3) is 12.2 Å². The van der Waals surface area contributed by atoms with Crippen LogP contribution in [0.5, 0.6) is 0 Å². The minimum atomic E-state index is -1.93. The van der Waals surface area contributed by atoms with Gasteiger partial charge in [-0.2, -0.15) is 0 Å². The Balaban J connectivity index is 2.09. The van der Waals surface area contributed by atoms with Crippen LogP contribution >= 0.6 is 0 Å². The van der Waals surface area contributed by atoms with Gasteiger partial charge in [-0.3, -0.25) is 0 Å². The van der Waals surface area contributed by atoms with E-state index < -0.39 is 35.9 Å². The predicted molar refractivity (Wildman–Crippen MR) is 108 cm³/mol. The van der Waals surface area contributed by atoms with Crippen molar-refractivity contribution < 1.29 is 30.6 Å². The van der Waals surface area contributed by atoms with Crippen molar-refractivity contribution in [2.24, 2.45) is 0 Å². The molecule has 0 amide bonds. The Morgan fingerprint density at radius 1 is 0.607 bits per heavy atom. The second kappa shape index (κ2) is 9.52. The molecular formula is C22H26O6. The Morgan fingerprint density at radius 2 is 0.893 bits per heavy atom. The Kier molecular flexibility index (Phi) is 7.37. The van der Waals surface area contributed by atoms with Crippen LogP contribution in [0, 0.1) is 13.8 Å². The lowest BCUT2D eigenvalue weighted by Gasteiger charge is -2.26. The average Bonchev–Trinajstić information content (AvgIpc) is 2.69. The van der Waals surface area contributed by atoms with Gasteiger partial charge in [-0.1, -0.05) is 59.7 Å². The Labute approximate surface area is 164 Å². The molecule has 150 valence electrons. The van der Waals surface area contributed by atoms with Gasteiger partial charge in [0.1, 0.15) is 35.9 Å². The Morgan fingerprint density at radius 3 is 1.18 bits per heavy atom. The third-order valence-corrected chi connectivity index (χ3v) is 4.39. The van der Waals surface area contributed by atoms with Crippen molar-refractivity contribution in [2.45, 2.75) is 38.3 Å². The minimum Gasteiger partial charge on any atom is -0.509 e. The maximum atomic E-state index is 10.1. The fourth-order valence-corrected chi connectivity index (χ4v) is 2.56. The van der Waals surface area contributed by atoms with Crippen molar-refractivity contribution in [3.63, 3.8) is 0 Å². The summed E-state index contributed by atoms with van der Waals surface area (Å²) < 4.78 is 0. The molecule has 0 radical (unpaired) electrons. The number of aryl methyl sites for hydroxylation is 2. The van der Waals surface area contributed by atoms with E-state index in [0.29, 0.717) is 11.1 Å². The first-order valence-electron chi connectivity index (χ1n) is 8.85. The third-order valence-electron chi connectivity index (χ3n) is 4.39. The number of aliphatic hydroxyl groups excluding tert-OH is 6. The first-order chi connectivity index (χ1) is 13.2. The summed E-state index contributed by atoms with van der Waals surface area (Å²) in [6.45, 7) is 3.81. The number of hydrogen-bond acceptors (Lipinski definition) is 6. The fourth-order valence-electron chi connectivity index (χ4n) is 2.56. The van der Waals surface area contributed by atoms with Crippen molar-refractivity contribution in [3.8, 4) is 0 Å². The average molecular weight is 386 g/mol. The highest BCUT2D eigenvalue weighted by Gasteiger charge is 2.34. The van der Waals surface area contributed by atoms with Crippen molar-refractivity contribution in [2.75, 3.05) is 0 Å². The van der Waals surface area contributed by atoms with Crippen LogP contribution in [0.1, 0.15) is 22.3 Å². The van der Waals surface area contributed by atoms with E-state index in [0.717, 1.165) is 11.1 Å². The quantitative estimate of drug-likeness (QED) is 0.406. The molecule has 2 aromatic carbocycles. The molecule has 0 aliphatic rings. The second-order valence-corrected chi connectivity index (χ2v) is 6.83. The lowest BCUT2D eigenvalue weighted by atomic mass is 9.98. The van der Waals surface area contributed by atoms with Gasteiger partial charge in [0.25, 0.3) is 0 Å². The summed E-state index contributed by atoms with van der Waals surface area (Å²) in [4.78, 5) is 0. The van der Waals surface area contributed by atoms with E-state index in [9.17, 15) is 30.6 Å². The molecule has 6 N–H and O–H groups in total. The van der Waals surface area contributed by atoms with E-state index in [-0.39, 0.29) is 0 Å². The zero-order valence-electron chi connectivity index (χ0n) is 15.8. The van der Waals surface area contributed by atoms with E-state index in [2.05, 4.69) is 0 Å². The van der Waals surface area contributed by atoms with E-state index in [4.69, 9.17) is 0 Å². The fraction of sp³-hybridized carbons (Fsp3) is 0.273. The van der Waals surface area contributed by atoms with Gasteiger partial charge in [-0.25, -0.2) is 0 Å². The van der Waals surface area contributed by atoms with Gasteiger partial charge in [0.2, 0.25) is 0 Å². The molecule has 0 aromatic heterocycles. The van der Waals surface area contributed by atoms with Crippen molar-refractivity contribution >= 4 is 12.2 Å². The van der Waals surface area contributed by atoms with Crippen molar-refractivity contribution in [1.29, 1.82) is 0 Å². The highest BCUT2D eigenvalue weighted by atomic mass is 16.4. The Hall–Kier alpha value is -2.64. The standard InChI is InChI=1S/C22H26O6/c1-13-3-7-15(8-4-13)11-17(23)19(25)21(27)22(28)20(26)18(24)12-16-9-5-14(2)6-10-16/h3-12,19-28H,1-2H3/b17-11-,18-12-/t19-,20+,21-,22-/m1/s1. The SMILES string of the molecule is Cc1ccc(/C=C(\O)[C@@H](O)[C@@H](O)[C@H](O)[C@@H](O)/C(O)=C/c2ccc(C)cc2)cc1. The molecule has 0 fully saturated rings. The first-order valence-corrected chi connectivity index (χ1v) is 8.85. The number of benzene rings is 2. The highest BCUT2D eigenvalue weighted by molar-refractivity contribution is 5.53. The maximum absolute atomic E-state index is 10.1. The normalized spacial score (nSPS) is 17.1. The molecule has 6 heteroatoms. The molecule has 2 rings (SSSR count). The molecule has 2 aromatic rings. The molecule has 0 spiro atoms. The van der Waals surface area contributed by atoms with E-state index >= 15 is 0 Å². The maximum Gasteiger partial charge on any atom is 0.139 e. The molecule has 4 atom stereocenters. The van der Waals surface area contributed by atoms with Crippen LogP contribution in [0.3, 0.4) is 0 Å². The smallest absolute Gasteiger partial charge is 0.139 e. The molecule has 0 bridgehead atoms. The summed E-state index contributed by atoms with van der Waals surface area (Å²) in [7, 11) is 0. The number of rotatable bonds is 7. The van der Waals surface area contributed by atoms with Crippen molar-refractivity contribution in [1.82, 2.24) is 0 Å². The van der Waals surface area contributed by atoms with Crippen LogP contribution in [0.2, 0.25) is 0 Å². The van der Waals surface area contributed by atoms with E-state index in [1.807, 2.05) is 38.1 Å². The molecule has 6 nitrogen and oxygen atoms in total. The summed E-state index contributed by atoms with van der Waals surface area (Å²) >= 11 is 0. The van der Waals surface area contributed by atoms with E-state index in [1.165, 1.54) is 12.2 Å². The van der Waals surface area contributed by atoms with Crippen LogP contribution in [-0.4, -0.2) is 55.1 Å². The van der Waals surface area contributed by atoms with E-state index in [1.54, 1.807) is 24.3 Å². The zero-order valence-corrected chi connectivity index (χ0v) is 15.8. The lowest BCUT2D eigenvalue weighted by molar-refractivity contribution is -0.0996. The Bertz CT molecular complexity index is 752. The molecule has 0 unspecified atom stereocenters. The van der Waals surface area contributed by atoms with Gasteiger partial charge >= 0.3 is 0 Å². The summed E-state index contributed by atoms with van der Waals surface area (Å²) in [5.74, 6) is -1.16. The lowest BCUT2D eigenvalue weighted by Crippen LogP contribution is -2.45. The molecule has 28 heavy (non-hydrogen) atoms. The largest absolute Gasteiger partial charge is 0.509 e. The van der Waals surface area contributed by atoms with Crippen molar-refractivity contribution in [3.05, 3.63) is 82.3 Å². The summed E-state index contributed by atoms with van der Waals surface area (Å²) in [5.41, 5.74) is 3.22. The second-order valence-electron chi connectivity index (χ2n) is 6.83. The number of hydrogen-bond donors (Lipinski definition) is 6. The number of aliphatic hydroxyl groups is 6. The summed E-state index contributed by atoms with van der Waals surface area (Å²) in [6.07, 6.45) is -5.06. The van der Waals surface area contributed by atoms with Gasteiger partial charge in [0.15, 0.2) is 0 Å². The molecule has 0 heterocycles. The first kappa shape index (κ1) is 21.7. The molecule has 0 aliphatic heterocycles. The van der Waals surface area contributed by atoms with Crippen LogP contribution < -0.4 is 0 Å². The zero-order chi connectivity index (χ0) is 20.8. The molecule has 0 saturated carbocycles. The molecule has 0 aliphatic carbocycles. The van der Waals surface area contributed by atoms with Crippen LogP contribution in [0.4, 0.5) is 0 Å². The van der Waals surface area contributed by atoms with Crippen LogP contribution in [-0.2, 0) is 0 Å². The van der Waals surface area contributed by atoms with Gasteiger partial charge in [0, 0.05) is 0 Å². The van der Waals surface area contributed by atoms with Gasteiger partial charge in [0.05, 0.1) is 0 Å². The molecular weight excluding hydrogens is 360 g/mol. The predicted octanol–water partition coefficient (Wildman–Crippen LogP) is 2.25. The topological polar surface area (TPSA) is 121 Å². The highest BCUT2D eigenvalue weighted by Crippen LogP contribution is 2.18. The van der Waals surface area contributed by atoms with Crippen LogP contribution in [0.15, 0.2) is 60.0 Å². The summed E-state index contributed by atoms with van der Waals surface area (Å²) in [6, 6.07) is 14.1. The van der Waals surface area contributed by atoms with Gasteiger partial charge in [-0.05, 0) is 37.1 Å². The monoisotopic (exact) mass is 386 g/mol. The molecule has 0 saturated heterocycles. The minimum absolute atomic E-state index is 0.579. The third kappa shape index (κ3) is 5.68.